The van der Waals surface area contributed by atoms with Gasteiger partial charge < -0.3 is 15.4 Å². The summed E-state index contributed by atoms with van der Waals surface area (Å²) in [5.41, 5.74) is 1.15. The van der Waals surface area contributed by atoms with Crippen molar-refractivity contribution in [3.63, 3.8) is 0 Å². The lowest BCUT2D eigenvalue weighted by Crippen LogP contribution is -2.20. The number of nitrogens with one attached hydrogen (secondary N) is 2. The topological polar surface area (TPSA) is 67.4 Å². The van der Waals surface area contributed by atoms with E-state index in [1.165, 1.54) is 0 Å². The summed E-state index contributed by atoms with van der Waals surface area (Å²) in [5.74, 6) is -0.383. The van der Waals surface area contributed by atoms with Gasteiger partial charge in [-0.2, -0.15) is 0 Å². The lowest BCUT2D eigenvalue weighted by Gasteiger charge is -2.08. The third-order valence-electron chi connectivity index (χ3n) is 4.01. The van der Waals surface area contributed by atoms with E-state index < -0.39 is 0 Å². The first-order valence-corrected chi connectivity index (χ1v) is 8.44. The number of halogens is 2. The summed E-state index contributed by atoms with van der Waals surface area (Å²) in [6.07, 6.45) is 0.513. The Hall–Kier alpha value is -2.24. The van der Waals surface area contributed by atoms with Crippen molar-refractivity contribution in [2.75, 3.05) is 17.7 Å². The lowest BCUT2D eigenvalue weighted by atomic mass is 10.2. The molecule has 0 radical (unpaired) electrons. The van der Waals surface area contributed by atoms with Gasteiger partial charge in [-0.05, 0) is 48.9 Å². The molecule has 1 fully saturated rings. The number of hydrogen-bond acceptors (Lipinski definition) is 3. The van der Waals surface area contributed by atoms with Crippen LogP contribution >= 0.6 is 23.2 Å². The van der Waals surface area contributed by atoms with Crippen LogP contribution in [0.4, 0.5) is 11.4 Å². The highest BCUT2D eigenvalue weighted by molar-refractivity contribution is 6.36. The molecule has 1 aliphatic carbocycles. The molecular weight excluding hydrogens is 363 g/mol. The molecule has 2 aromatic rings. The second-order valence-electron chi connectivity index (χ2n) is 5.78. The minimum Gasteiger partial charge on any atom is -0.497 e. The Morgan fingerprint density at radius 2 is 1.64 bits per heavy atom. The summed E-state index contributed by atoms with van der Waals surface area (Å²) < 4.78 is 5.07. The Morgan fingerprint density at radius 1 is 1.00 bits per heavy atom. The SMILES string of the molecule is COc1ccc(NC(=O)C2CC2C(=O)Nc2ccc(Cl)cc2Cl)cc1. The fraction of sp³-hybridized carbons (Fsp3) is 0.222. The van der Waals surface area contributed by atoms with Crippen molar-refractivity contribution >= 4 is 46.4 Å². The number of carbonyl (C=O) groups excluding carboxylic acids is 2. The van der Waals surface area contributed by atoms with Gasteiger partial charge in [0.15, 0.2) is 0 Å². The third-order valence-corrected chi connectivity index (χ3v) is 4.56. The fourth-order valence-corrected chi connectivity index (χ4v) is 2.96. The fourth-order valence-electron chi connectivity index (χ4n) is 2.50. The zero-order chi connectivity index (χ0) is 18.0. The van der Waals surface area contributed by atoms with E-state index >= 15 is 0 Å². The first kappa shape index (κ1) is 17.6. The predicted octanol–water partition coefficient (Wildman–Crippen LogP) is 4.22. The van der Waals surface area contributed by atoms with E-state index in [1.807, 2.05) is 0 Å². The zero-order valence-corrected chi connectivity index (χ0v) is 14.9. The van der Waals surface area contributed by atoms with Gasteiger partial charge in [0.1, 0.15) is 5.75 Å². The number of methoxy groups -OCH3 is 1. The molecule has 2 aromatic carbocycles. The van der Waals surface area contributed by atoms with Crippen LogP contribution in [-0.4, -0.2) is 18.9 Å². The highest BCUT2D eigenvalue weighted by Gasteiger charge is 2.48. The summed E-state index contributed by atoms with van der Waals surface area (Å²) in [7, 11) is 1.58. The van der Waals surface area contributed by atoms with Crippen molar-refractivity contribution in [3.05, 3.63) is 52.5 Å². The summed E-state index contributed by atoms with van der Waals surface area (Å²) in [6, 6.07) is 11.9. The monoisotopic (exact) mass is 378 g/mol. The lowest BCUT2D eigenvalue weighted by molar-refractivity contribution is -0.122. The number of benzene rings is 2. The molecule has 0 heterocycles. The number of anilines is 2. The highest BCUT2D eigenvalue weighted by atomic mass is 35.5. The summed E-state index contributed by atoms with van der Waals surface area (Å²) in [6.45, 7) is 0. The minimum absolute atomic E-state index is 0.174. The maximum absolute atomic E-state index is 12.3. The quantitative estimate of drug-likeness (QED) is 0.818. The number of ether oxygens (including phenoxy) is 1. The second kappa shape index (κ2) is 7.33. The molecule has 0 spiro atoms. The average molecular weight is 379 g/mol. The van der Waals surface area contributed by atoms with E-state index in [0.717, 1.165) is 0 Å². The Bertz CT molecular complexity index is 808. The molecule has 3 rings (SSSR count). The molecule has 0 aliphatic heterocycles. The molecule has 7 heteroatoms. The van der Waals surface area contributed by atoms with Gasteiger partial charge in [0.25, 0.3) is 0 Å². The van der Waals surface area contributed by atoms with Gasteiger partial charge in [0.05, 0.1) is 29.7 Å². The van der Waals surface area contributed by atoms with Gasteiger partial charge in [-0.15, -0.1) is 0 Å². The molecule has 2 unspecified atom stereocenters. The number of hydrogen-bond donors (Lipinski definition) is 2. The standard InChI is InChI=1S/C18H16Cl2N2O3/c1-25-12-5-3-11(4-6-12)21-17(23)13-9-14(13)18(24)22-16-7-2-10(19)8-15(16)20/h2-8,13-14H,9H2,1H3,(H,21,23)(H,22,24). The number of amides is 2. The molecule has 130 valence electrons. The van der Waals surface area contributed by atoms with Crippen LogP contribution in [0, 0.1) is 11.8 Å². The van der Waals surface area contributed by atoms with Crippen molar-refractivity contribution in [1.29, 1.82) is 0 Å². The Labute approximate surface area is 155 Å². The molecule has 1 aliphatic rings. The van der Waals surface area contributed by atoms with E-state index in [4.69, 9.17) is 27.9 Å². The second-order valence-corrected chi connectivity index (χ2v) is 6.62. The van der Waals surface area contributed by atoms with E-state index in [-0.39, 0.29) is 23.7 Å². The van der Waals surface area contributed by atoms with Crippen LogP contribution in [0.2, 0.25) is 10.0 Å². The molecule has 0 bridgehead atoms. The Kier molecular flexibility index (Phi) is 5.16. The van der Waals surface area contributed by atoms with E-state index in [2.05, 4.69) is 10.6 Å². The first-order valence-electron chi connectivity index (χ1n) is 7.69. The van der Waals surface area contributed by atoms with Gasteiger partial charge in [-0.3, -0.25) is 9.59 Å². The van der Waals surface area contributed by atoms with E-state index in [0.29, 0.717) is 33.6 Å². The maximum atomic E-state index is 12.3. The molecule has 2 amide bonds. The third kappa shape index (κ3) is 4.24. The maximum Gasteiger partial charge on any atom is 0.228 e. The van der Waals surface area contributed by atoms with Crippen molar-refractivity contribution in [2.24, 2.45) is 11.8 Å². The summed E-state index contributed by atoms with van der Waals surface area (Å²) in [5, 5.41) is 6.40. The normalized spacial score (nSPS) is 18.4. The molecular formula is C18H16Cl2N2O3. The summed E-state index contributed by atoms with van der Waals surface area (Å²) in [4.78, 5) is 24.5. The van der Waals surface area contributed by atoms with Crippen LogP contribution in [0.5, 0.6) is 5.75 Å². The highest BCUT2D eigenvalue weighted by Crippen LogP contribution is 2.40. The number of rotatable bonds is 5. The van der Waals surface area contributed by atoms with Crippen LogP contribution in [0.15, 0.2) is 42.5 Å². The van der Waals surface area contributed by atoms with Crippen molar-refractivity contribution in [2.45, 2.75) is 6.42 Å². The Balaban J connectivity index is 1.55. The average Bonchev–Trinajstić information content (AvgIpc) is 3.39. The summed E-state index contributed by atoms with van der Waals surface area (Å²) >= 11 is 11.9. The van der Waals surface area contributed by atoms with Crippen molar-refractivity contribution in [3.8, 4) is 5.75 Å². The van der Waals surface area contributed by atoms with Gasteiger partial charge in [-0.25, -0.2) is 0 Å². The molecule has 1 saturated carbocycles. The van der Waals surface area contributed by atoms with Crippen LogP contribution in [0.3, 0.4) is 0 Å². The molecule has 5 nitrogen and oxygen atoms in total. The van der Waals surface area contributed by atoms with Gasteiger partial charge in [-0.1, -0.05) is 23.2 Å². The van der Waals surface area contributed by atoms with E-state index in [1.54, 1.807) is 49.6 Å². The minimum atomic E-state index is -0.356. The molecule has 0 saturated heterocycles. The largest absolute Gasteiger partial charge is 0.497 e. The van der Waals surface area contributed by atoms with Gasteiger partial charge in [0, 0.05) is 10.7 Å². The predicted molar refractivity (Wildman–Crippen MR) is 98.3 cm³/mol. The van der Waals surface area contributed by atoms with Crippen LogP contribution < -0.4 is 15.4 Å². The van der Waals surface area contributed by atoms with Crippen LogP contribution in [0.1, 0.15) is 6.42 Å². The first-order chi connectivity index (χ1) is 12.0. The van der Waals surface area contributed by atoms with Gasteiger partial charge >= 0.3 is 0 Å². The Morgan fingerprint density at radius 3 is 2.24 bits per heavy atom. The smallest absolute Gasteiger partial charge is 0.228 e. The molecule has 25 heavy (non-hydrogen) atoms. The van der Waals surface area contributed by atoms with Crippen LogP contribution in [-0.2, 0) is 9.59 Å². The molecule has 2 N–H and O–H groups in total. The van der Waals surface area contributed by atoms with Crippen molar-refractivity contribution < 1.29 is 14.3 Å². The van der Waals surface area contributed by atoms with Gasteiger partial charge in [0.2, 0.25) is 11.8 Å². The number of carbonyl (C=O) groups is 2. The van der Waals surface area contributed by atoms with Crippen molar-refractivity contribution in [1.82, 2.24) is 0 Å². The zero-order valence-electron chi connectivity index (χ0n) is 13.4. The molecule has 2 atom stereocenters. The van der Waals surface area contributed by atoms with E-state index in [9.17, 15) is 9.59 Å². The van der Waals surface area contributed by atoms with Crippen LogP contribution in [0.25, 0.3) is 0 Å². The molecule has 0 aromatic heterocycles.